The fourth-order valence-corrected chi connectivity index (χ4v) is 2.77. The van der Waals surface area contributed by atoms with E-state index in [0.717, 1.165) is 4.90 Å². The lowest BCUT2D eigenvalue weighted by Crippen LogP contribution is -2.31. The van der Waals surface area contributed by atoms with Crippen molar-refractivity contribution in [3.8, 4) is 0 Å². The molecule has 0 aliphatic carbocycles. The Morgan fingerprint density at radius 2 is 1.81 bits per heavy atom. The summed E-state index contributed by atoms with van der Waals surface area (Å²) in [6, 6.07) is 2.62. The number of amides is 3. The standard InChI is InChI=1S/C9H5BrCl2N2O2/c10-4-1-5(11)8(6(12)2-4)14-7(15)3-13-9(14)16/h1-2H,3H2,(H,13,16). The number of nitrogens with zero attached hydrogens (tertiary/aromatic N) is 1. The lowest BCUT2D eigenvalue weighted by molar-refractivity contribution is -0.115. The van der Waals surface area contributed by atoms with Gasteiger partial charge in [0.1, 0.15) is 0 Å². The second-order valence-electron chi connectivity index (χ2n) is 3.11. The Morgan fingerprint density at radius 1 is 1.25 bits per heavy atom. The highest BCUT2D eigenvalue weighted by molar-refractivity contribution is 9.10. The van der Waals surface area contributed by atoms with Crippen LogP contribution in [0.2, 0.25) is 10.0 Å². The molecule has 0 bridgehead atoms. The van der Waals surface area contributed by atoms with E-state index in [2.05, 4.69) is 21.2 Å². The first kappa shape index (κ1) is 11.7. The molecule has 1 heterocycles. The number of hydrogen-bond donors (Lipinski definition) is 1. The third-order valence-electron chi connectivity index (χ3n) is 2.05. The molecule has 0 radical (unpaired) electrons. The molecule has 1 aromatic rings. The van der Waals surface area contributed by atoms with Crippen molar-refractivity contribution in [3.05, 3.63) is 26.7 Å². The quantitative estimate of drug-likeness (QED) is 0.808. The number of halogens is 3. The summed E-state index contributed by atoms with van der Waals surface area (Å²) in [6.07, 6.45) is 0. The van der Waals surface area contributed by atoms with Crippen molar-refractivity contribution in [2.45, 2.75) is 0 Å². The van der Waals surface area contributed by atoms with Gasteiger partial charge >= 0.3 is 6.03 Å². The molecule has 1 aromatic carbocycles. The molecule has 16 heavy (non-hydrogen) atoms. The molecule has 7 heteroatoms. The smallest absolute Gasteiger partial charge is 0.328 e. The fourth-order valence-electron chi connectivity index (χ4n) is 1.40. The second kappa shape index (κ2) is 4.24. The van der Waals surface area contributed by atoms with Gasteiger partial charge in [-0.1, -0.05) is 39.1 Å². The normalized spacial score (nSPS) is 15.6. The van der Waals surface area contributed by atoms with E-state index in [9.17, 15) is 9.59 Å². The van der Waals surface area contributed by atoms with Crippen molar-refractivity contribution in [3.63, 3.8) is 0 Å². The summed E-state index contributed by atoms with van der Waals surface area (Å²) >= 11 is 15.1. The molecular formula is C9H5BrCl2N2O2. The number of carbonyl (C=O) groups excluding carboxylic acids is 2. The van der Waals surface area contributed by atoms with Gasteiger partial charge in [-0.15, -0.1) is 0 Å². The predicted octanol–water partition coefficient (Wildman–Crippen LogP) is 2.81. The number of nitrogens with one attached hydrogen (secondary N) is 1. The van der Waals surface area contributed by atoms with Crippen molar-refractivity contribution >= 4 is 56.8 Å². The van der Waals surface area contributed by atoms with Crippen LogP contribution in [0, 0.1) is 0 Å². The topological polar surface area (TPSA) is 49.4 Å². The molecule has 2 rings (SSSR count). The minimum atomic E-state index is -0.517. The molecule has 0 spiro atoms. The van der Waals surface area contributed by atoms with E-state index < -0.39 is 6.03 Å². The summed E-state index contributed by atoms with van der Waals surface area (Å²) in [7, 11) is 0. The molecule has 1 N–H and O–H groups in total. The third-order valence-corrected chi connectivity index (χ3v) is 3.08. The average molecular weight is 324 g/mol. The summed E-state index contributed by atoms with van der Waals surface area (Å²) in [5, 5.41) is 2.88. The van der Waals surface area contributed by atoms with Crippen LogP contribution in [0.15, 0.2) is 16.6 Å². The van der Waals surface area contributed by atoms with Crippen LogP contribution < -0.4 is 10.2 Å². The van der Waals surface area contributed by atoms with Crippen LogP contribution in [0.1, 0.15) is 0 Å². The fraction of sp³-hybridized carbons (Fsp3) is 0.111. The summed E-state index contributed by atoms with van der Waals surface area (Å²) < 4.78 is 0.679. The van der Waals surface area contributed by atoms with Gasteiger partial charge in [0.15, 0.2) is 0 Å². The number of urea groups is 1. The van der Waals surface area contributed by atoms with E-state index in [0.29, 0.717) is 4.47 Å². The second-order valence-corrected chi connectivity index (χ2v) is 4.84. The zero-order valence-corrected chi connectivity index (χ0v) is 10.9. The van der Waals surface area contributed by atoms with Gasteiger partial charge in [-0.2, -0.15) is 0 Å². The molecule has 0 aromatic heterocycles. The summed E-state index contributed by atoms with van der Waals surface area (Å²) in [6.45, 7) is -0.0401. The first-order valence-corrected chi connectivity index (χ1v) is 5.81. The van der Waals surface area contributed by atoms with Gasteiger partial charge in [-0.05, 0) is 12.1 Å². The number of imide groups is 1. The van der Waals surface area contributed by atoms with E-state index >= 15 is 0 Å². The van der Waals surface area contributed by atoms with Gasteiger partial charge in [0.2, 0.25) is 0 Å². The van der Waals surface area contributed by atoms with Gasteiger partial charge < -0.3 is 5.32 Å². The number of carbonyl (C=O) groups is 2. The van der Waals surface area contributed by atoms with Gasteiger partial charge in [-0.3, -0.25) is 4.79 Å². The molecule has 4 nitrogen and oxygen atoms in total. The lowest BCUT2D eigenvalue weighted by atomic mass is 10.3. The van der Waals surface area contributed by atoms with E-state index in [-0.39, 0.29) is 28.2 Å². The first-order chi connectivity index (χ1) is 7.50. The van der Waals surface area contributed by atoms with Crippen molar-refractivity contribution in [2.24, 2.45) is 0 Å². The van der Waals surface area contributed by atoms with E-state index in [4.69, 9.17) is 23.2 Å². The molecule has 0 unspecified atom stereocenters. The highest BCUT2D eigenvalue weighted by Gasteiger charge is 2.33. The van der Waals surface area contributed by atoms with Crippen molar-refractivity contribution < 1.29 is 9.59 Å². The summed E-state index contributed by atoms with van der Waals surface area (Å²) in [5.41, 5.74) is 0.214. The largest absolute Gasteiger partial charge is 0.329 e. The molecule has 3 amide bonds. The van der Waals surface area contributed by atoms with Crippen LogP contribution in [0.4, 0.5) is 10.5 Å². The number of anilines is 1. The maximum atomic E-state index is 11.5. The molecule has 0 atom stereocenters. The highest BCUT2D eigenvalue weighted by Crippen LogP contribution is 2.37. The first-order valence-electron chi connectivity index (χ1n) is 4.26. The average Bonchev–Trinajstić information content (AvgIpc) is 2.47. The van der Waals surface area contributed by atoms with Crippen LogP contribution in [0.3, 0.4) is 0 Å². The van der Waals surface area contributed by atoms with Crippen LogP contribution >= 0.6 is 39.1 Å². The Bertz CT molecular complexity index is 453. The molecule has 1 aliphatic rings. The maximum absolute atomic E-state index is 11.5. The third kappa shape index (κ3) is 1.90. The van der Waals surface area contributed by atoms with Crippen LogP contribution in [0.5, 0.6) is 0 Å². The van der Waals surface area contributed by atoms with Gasteiger partial charge in [0.05, 0.1) is 22.3 Å². The monoisotopic (exact) mass is 322 g/mol. The van der Waals surface area contributed by atoms with Crippen molar-refractivity contribution in [2.75, 3.05) is 11.4 Å². The van der Waals surface area contributed by atoms with Crippen LogP contribution in [-0.2, 0) is 4.79 Å². The Hall–Kier alpha value is -0.780. The Morgan fingerprint density at radius 3 is 2.25 bits per heavy atom. The Kier molecular flexibility index (Phi) is 3.10. The van der Waals surface area contributed by atoms with Gasteiger partial charge in [-0.25, -0.2) is 9.69 Å². The minimum Gasteiger partial charge on any atom is -0.328 e. The summed E-state index contributed by atoms with van der Waals surface area (Å²) in [5.74, 6) is -0.379. The lowest BCUT2D eigenvalue weighted by Gasteiger charge is -2.16. The maximum Gasteiger partial charge on any atom is 0.329 e. The van der Waals surface area contributed by atoms with Crippen LogP contribution in [-0.4, -0.2) is 18.5 Å². The van der Waals surface area contributed by atoms with E-state index in [1.807, 2.05) is 0 Å². The number of hydrogen-bond acceptors (Lipinski definition) is 2. The number of benzene rings is 1. The predicted molar refractivity (Wildman–Crippen MR) is 65.0 cm³/mol. The zero-order valence-electron chi connectivity index (χ0n) is 7.76. The minimum absolute atomic E-state index is 0.0401. The molecule has 84 valence electrons. The SMILES string of the molecule is O=C1CNC(=O)N1c1c(Cl)cc(Br)cc1Cl. The molecular weight excluding hydrogens is 319 g/mol. The molecule has 0 saturated carbocycles. The van der Waals surface area contributed by atoms with Gasteiger partial charge in [0, 0.05) is 4.47 Å². The molecule has 1 aliphatic heterocycles. The molecule has 1 saturated heterocycles. The van der Waals surface area contributed by atoms with Crippen molar-refractivity contribution in [1.29, 1.82) is 0 Å². The van der Waals surface area contributed by atoms with Gasteiger partial charge in [0.25, 0.3) is 5.91 Å². The van der Waals surface area contributed by atoms with Crippen LogP contribution in [0.25, 0.3) is 0 Å². The van der Waals surface area contributed by atoms with E-state index in [1.165, 1.54) is 0 Å². The highest BCUT2D eigenvalue weighted by atomic mass is 79.9. The molecule has 1 fully saturated rings. The van der Waals surface area contributed by atoms with E-state index in [1.54, 1.807) is 12.1 Å². The number of rotatable bonds is 1. The van der Waals surface area contributed by atoms with Crippen molar-refractivity contribution in [1.82, 2.24) is 5.32 Å². The Labute approximate surface area is 110 Å². The Balaban J connectivity index is 2.55. The zero-order chi connectivity index (χ0) is 11.9. The summed E-state index contributed by atoms with van der Waals surface area (Å²) in [4.78, 5) is 23.9.